The maximum atomic E-state index is 13.1. The number of hydrogen-bond donors (Lipinski definition) is 8. The predicted octanol–water partition coefficient (Wildman–Crippen LogP) is -6.74. The Morgan fingerprint density at radius 1 is 0.714 bits per heavy atom. The molecule has 0 radical (unpaired) electrons. The lowest BCUT2D eigenvalue weighted by atomic mass is 10.3. The number of β-amino-alcohol motifs (C(OH)–C–C–N with tert-alkyl or cyclic N) is 1. The van der Waals surface area contributed by atoms with Crippen LogP contribution < -0.4 is 44.5 Å². The molecule has 0 bridgehead atoms. The van der Waals surface area contributed by atoms with Gasteiger partial charge in [0.2, 0.25) is 0 Å². The van der Waals surface area contributed by atoms with Gasteiger partial charge in [-0.3, -0.25) is 4.90 Å². The molecular formula is C20H41N9O6. The van der Waals surface area contributed by atoms with E-state index in [1.807, 2.05) is 4.90 Å². The highest BCUT2D eigenvalue weighted by atomic mass is 16.3. The van der Waals surface area contributed by atoms with Gasteiger partial charge in [0, 0.05) is 72.0 Å². The molecule has 1 aromatic rings. The first-order chi connectivity index (χ1) is 16.8. The van der Waals surface area contributed by atoms with Gasteiger partial charge in [0.15, 0.2) is 0 Å². The standard InChI is InChI=1S/C20H41N9O6/c21-1-3-24-9-15(30)12-27-18(33)28(13-16(31)10-25-4-2-22)20(35)29(19(27)34)14-17(32)11-26-7-5-23-6-8-26/h15-17,23-25,30-32H,1-14,21-22H2. The molecule has 1 fully saturated rings. The van der Waals surface area contributed by atoms with Crippen molar-refractivity contribution in [2.24, 2.45) is 11.5 Å². The summed E-state index contributed by atoms with van der Waals surface area (Å²) in [5.41, 5.74) is 8.04. The zero-order chi connectivity index (χ0) is 25.8. The molecule has 0 spiro atoms. The fourth-order valence-corrected chi connectivity index (χ4v) is 3.90. The third-order valence-electron chi connectivity index (χ3n) is 5.65. The fraction of sp³-hybridized carbons (Fsp3) is 0.850. The first kappa shape index (κ1) is 29.3. The molecule has 1 aliphatic heterocycles. The van der Waals surface area contributed by atoms with Crippen molar-refractivity contribution >= 4 is 0 Å². The molecule has 1 aliphatic rings. The maximum Gasteiger partial charge on any atom is 0.336 e. The molecule has 1 saturated heterocycles. The van der Waals surface area contributed by atoms with Crippen LogP contribution in [0.15, 0.2) is 14.4 Å². The number of aliphatic hydroxyl groups is 3. The van der Waals surface area contributed by atoms with Gasteiger partial charge in [-0.1, -0.05) is 0 Å². The van der Waals surface area contributed by atoms with E-state index in [0.717, 1.165) is 39.9 Å². The Morgan fingerprint density at radius 3 is 1.51 bits per heavy atom. The smallest absolute Gasteiger partial charge is 0.336 e. The van der Waals surface area contributed by atoms with Crippen LogP contribution in [-0.4, -0.2) is 124 Å². The van der Waals surface area contributed by atoms with E-state index >= 15 is 0 Å². The lowest BCUT2D eigenvalue weighted by Crippen LogP contribution is -2.58. The topological polar surface area (TPSA) is 218 Å². The van der Waals surface area contributed by atoms with E-state index in [-0.39, 0.29) is 39.3 Å². The Kier molecular flexibility index (Phi) is 12.7. The Hall–Kier alpha value is -1.95. The quantitative estimate of drug-likeness (QED) is 0.0987. The molecule has 1 aromatic heterocycles. The van der Waals surface area contributed by atoms with Crippen molar-refractivity contribution < 1.29 is 15.3 Å². The van der Waals surface area contributed by atoms with Crippen LogP contribution in [0.25, 0.3) is 0 Å². The van der Waals surface area contributed by atoms with E-state index in [0.29, 0.717) is 26.2 Å². The van der Waals surface area contributed by atoms with Crippen molar-refractivity contribution in [1.82, 2.24) is 34.6 Å². The second-order valence-electron chi connectivity index (χ2n) is 8.68. The van der Waals surface area contributed by atoms with Crippen molar-refractivity contribution in [3.8, 4) is 0 Å². The van der Waals surface area contributed by atoms with Gasteiger partial charge in [0.25, 0.3) is 0 Å². The number of nitrogens with zero attached hydrogens (tertiary/aromatic N) is 4. The van der Waals surface area contributed by atoms with Crippen molar-refractivity contribution in [2.75, 3.05) is 72.0 Å². The number of nitrogens with two attached hydrogens (primary N) is 2. The van der Waals surface area contributed by atoms with Gasteiger partial charge in [0.05, 0.1) is 37.9 Å². The predicted molar refractivity (Wildman–Crippen MR) is 130 cm³/mol. The van der Waals surface area contributed by atoms with Gasteiger partial charge < -0.3 is 42.7 Å². The molecule has 35 heavy (non-hydrogen) atoms. The average Bonchev–Trinajstić information content (AvgIpc) is 2.83. The van der Waals surface area contributed by atoms with Crippen LogP contribution in [-0.2, 0) is 19.6 Å². The number of aliphatic hydroxyl groups excluding tert-OH is 3. The highest BCUT2D eigenvalue weighted by Crippen LogP contribution is 1.97. The average molecular weight is 504 g/mol. The Labute approximate surface area is 203 Å². The summed E-state index contributed by atoms with van der Waals surface area (Å²) in [7, 11) is 0. The van der Waals surface area contributed by atoms with E-state index in [4.69, 9.17) is 11.5 Å². The summed E-state index contributed by atoms with van der Waals surface area (Å²) in [5.74, 6) is 0. The van der Waals surface area contributed by atoms with Crippen LogP contribution in [0, 0.1) is 0 Å². The molecule has 2 rings (SSSR count). The summed E-state index contributed by atoms with van der Waals surface area (Å²) in [6.07, 6.45) is -3.24. The van der Waals surface area contributed by atoms with Crippen molar-refractivity contribution in [3.05, 3.63) is 31.5 Å². The lowest BCUT2D eigenvalue weighted by molar-refractivity contribution is 0.0864. The monoisotopic (exact) mass is 503 g/mol. The minimum atomic E-state index is -1.10. The van der Waals surface area contributed by atoms with E-state index in [1.54, 1.807) is 0 Å². The van der Waals surface area contributed by atoms with Crippen LogP contribution in [0.5, 0.6) is 0 Å². The Balaban J connectivity index is 2.31. The normalized spacial score (nSPS) is 17.4. The lowest BCUT2D eigenvalue weighted by Gasteiger charge is -2.29. The zero-order valence-electron chi connectivity index (χ0n) is 20.1. The summed E-state index contributed by atoms with van der Waals surface area (Å²) >= 11 is 0. The van der Waals surface area contributed by atoms with Crippen LogP contribution in [0.1, 0.15) is 0 Å². The molecule has 15 nitrogen and oxygen atoms in total. The highest BCUT2D eigenvalue weighted by molar-refractivity contribution is 4.83. The molecule has 0 aliphatic carbocycles. The Morgan fingerprint density at radius 2 is 1.11 bits per heavy atom. The second-order valence-corrected chi connectivity index (χ2v) is 8.68. The van der Waals surface area contributed by atoms with Crippen LogP contribution in [0.2, 0.25) is 0 Å². The third-order valence-corrected chi connectivity index (χ3v) is 5.65. The minimum absolute atomic E-state index is 0.0828. The van der Waals surface area contributed by atoms with E-state index in [2.05, 4.69) is 16.0 Å². The number of hydrogen-bond acceptors (Lipinski definition) is 12. The zero-order valence-corrected chi connectivity index (χ0v) is 20.1. The molecule has 15 heteroatoms. The summed E-state index contributed by atoms with van der Waals surface area (Å²) in [5, 5.41) is 40.2. The SMILES string of the molecule is NCCNCC(O)Cn1c(=O)n(CC(O)CNCCN)c(=O)n(CC(O)CN2CCNCC2)c1=O. The second kappa shape index (κ2) is 15.2. The van der Waals surface area contributed by atoms with Crippen molar-refractivity contribution in [3.63, 3.8) is 0 Å². The van der Waals surface area contributed by atoms with Gasteiger partial charge in [0.1, 0.15) is 0 Å². The highest BCUT2D eigenvalue weighted by Gasteiger charge is 2.22. The Bertz CT molecular complexity index is 871. The largest absolute Gasteiger partial charge is 0.390 e. The molecule has 0 aromatic carbocycles. The molecule has 10 N–H and O–H groups in total. The first-order valence-corrected chi connectivity index (χ1v) is 12.0. The molecule has 3 atom stereocenters. The summed E-state index contributed by atoms with van der Waals surface area (Å²) < 4.78 is 2.30. The molecule has 202 valence electrons. The summed E-state index contributed by atoms with van der Waals surface area (Å²) in [6, 6.07) is 0. The molecular weight excluding hydrogens is 462 g/mol. The van der Waals surface area contributed by atoms with Crippen LogP contribution >= 0.6 is 0 Å². The summed E-state index contributed by atoms with van der Waals surface area (Å²) in [6.45, 7) is 3.93. The van der Waals surface area contributed by atoms with Crippen molar-refractivity contribution in [2.45, 2.75) is 37.9 Å². The van der Waals surface area contributed by atoms with Gasteiger partial charge in [-0.2, -0.15) is 0 Å². The van der Waals surface area contributed by atoms with E-state index in [1.165, 1.54) is 0 Å². The molecule has 2 heterocycles. The number of aromatic nitrogens is 3. The first-order valence-electron chi connectivity index (χ1n) is 12.0. The number of rotatable bonds is 16. The van der Waals surface area contributed by atoms with Crippen LogP contribution in [0.3, 0.4) is 0 Å². The summed E-state index contributed by atoms with van der Waals surface area (Å²) in [4.78, 5) is 41.2. The molecule has 0 amide bonds. The molecule has 0 saturated carbocycles. The maximum absolute atomic E-state index is 13.1. The van der Waals surface area contributed by atoms with E-state index < -0.39 is 35.4 Å². The fourth-order valence-electron chi connectivity index (χ4n) is 3.90. The third kappa shape index (κ3) is 9.21. The van der Waals surface area contributed by atoms with E-state index in [9.17, 15) is 29.7 Å². The van der Waals surface area contributed by atoms with Crippen molar-refractivity contribution in [1.29, 1.82) is 0 Å². The number of nitrogens with one attached hydrogen (secondary N) is 3. The van der Waals surface area contributed by atoms with Gasteiger partial charge >= 0.3 is 17.1 Å². The van der Waals surface area contributed by atoms with Gasteiger partial charge in [-0.05, 0) is 0 Å². The number of piperazine rings is 1. The van der Waals surface area contributed by atoms with Crippen LogP contribution in [0.4, 0.5) is 0 Å². The van der Waals surface area contributed by atoms with Gasteiger partial charge in [-0.25, -0.2) is 28.1 Å². The minimum Gasteiger partial charge on any atom is -0.390 e. The van der Waals surface area contributed by atoms with Gasteiger partial charge in [-0.15, -0.1) is 0 Å². The molecule has 3 unspecified atom stereocenters.